The van der Waals surface area contributed by atoms with E-state index in [1.54, 1.807) is 30.3 Å². The van der Waals surface area contributed by atoms with Crippen LogP contribution in [0.25, 0.3) is 10.9 Å². The highest BCUT2D eigenvalue weighted by atomic mass is 35.5. The molecule has 0 aliphatic rings. The number of rotatable bonds is 2. The number of benzene rings is 2. The lowest BCUT2D eigenvalue weighted by Gasteiger charge is -2.07. The third kappa shape index (κ3) is 2.99. The van der Waals surface area contributed by atoms with Gasteiger partial charge in [-0.25, -0.2) is 4.98 Å². The molecule has 0 unspecified atom stereocenters. The van der Waals surface area contributed by atoms with E-state index in [-0.39, 0.29) is 11.6 Å². The molecule has 2 aromatic carbocycles. The Morgan fingerprint density at radius 1 is 1.00 bits per heavy atom. The Hall–Kier alpha value is -2.10. The number of hydrogen-bond acceptors (Lipinski definition) is 2. The Balaban J connectivity index is 1.94. The first-order valence-corrected chi connectivity index (χ1v) is 7.01. The maximum atomic E-state index is 12.2. The number of carbonyl (C=O) groups is 1. The van der Waals surface area contributed by atoms with Crippen molar-refractivity contribution < 1.29 is 4.79 Å². The van der Waals surface area contributed by atoms with Gasteiger partial charge in [0.2, 0.25) is 0 Å². The minimum Gasteiger partial charge on any atom is -0.321 e. The number of anilines is 1. The Labute approximate surface area is 131 Å². The molecule has 1 aromatic heterocycles. The minimum atomic E-state index is -0.329. The van der Waals surface area contributed by atoms with Crippen LogP contribution in [0.1, 0.15) is 10.5 Å². The van der Waals surface area contributed by atoms with Crippen molar-refractivity contribution in [2.24, 2.45) is 0 Å². The molecule has 0 spiro atoms. The van der Waals surface area contributed by atoms with E-state index in [1.165, 1.54) is 0 Å². The second-order valence-electron chi connectivity index (χ2n) is 4.47. The summed E-state index contributed by atoms with van der Waals surface area (Å²) in [6.45, 7) is 0. The molecule has 104 valence electrons. The molecule has 0 atom stereocenters. The van der Waals surface area contributed by atoms with E-state index in [9.17, 15) is 4.79 Å². The van der Waals surface area contributed by atoms with E-state index in [0.29, 0.717) is 21.2 Å². The van der Waals surface area contributed by atoms with Gasteiger partial charge in [0.1, 0.15) is 5.69 Å². The van der Waals surface area contributed by atoms with Crippen LogP contribution in [0.5, 0.6) is 0 Å². The summed E-state index contributed by atoms with van der Waals surface area (Å²) in [6.07, 6.45) is 0. The number of nitrogens with one attached hydrogen (secondary N) is 1. The Morgan fingerprint density at radius 3 is 2.62 bits per heavy atom. The molecule has 21 heavy (non-hydrogen) atoms. The SMILES string of the molecule is O=C(Nc1cccc(Cl)c1)c1cc(Cl)c2ccccc2n1. The van der Waals surface area contributed by atoms with Crippen LogP contribution in [0.3, 0.4) is 0 Å². The summed E-state index contributed by atoms with van der Waals surface area (Å²) >= 11 is 12.1. The lowest BCUT2D eigenvalue weighted by Crippen LogP contribution is -2.13. The zero-order valence-electron chi connectivity index (χ0n) is 10.8. The first-order chi connectivity index (χ1) is 10.1. The predicted molar refractivity (Wildman–Crippen MR) is 86.2 cm³/mol. The molecular formula is C16H10Cl2N2O. The second kappa shape index (κ2) is 5.72. The third-order valence-electron chi connectivity index (χ3n) is 2.98. The molecule has 0 radical (unpaired) electrons. The number of nitrogens with zero attached hydrogens (tertiary/aromatic N) is 1. The van der Waals surface area contributed by atoms with Gasteiger partial charge in [-0.1, -0.05) is 47.5 Å². The van der Waals surface area contributed by atoms with Gasteiger partial charge in [0.15, 0.2) is 0 Å². The summed E-state index contributed by atoms with van der Waals surface area (Å²) in [4.78, 5) is 16.6. The average molecular weight is 317 g/mol. The van der Waals surface area contributed by atoms with E-state index in [2.05, 4.69) is 10.3 Å². The van der Waals surface area contributed by atoms with E-state index in [1.807, 2.05) is 24.3 Å². The summed E-state index contributed by atoms with van der Waals surface area (Å²) in [5.41, 5.74) is 1.55. The highest BCUT2D eigenvalue weighted by molar-refractivity contribution is 6.35. The summed E-state index contributed by atoms with van der Waals surface area (Å²) < 4.78 is 0. The summed E-state index contributed by atoms with van der Waals surface area (Å²) in [5.74, 6) is -0.329. The molecule has 0 aliphatic heterocycles. The van der Waals surface area contributed by atoms with Gasteiger partial charge < -0.3 is 5.32 Å². The minimum absolute atomic E-state index is 0.263. The number of carbonyl (C=O) groups excluding carboxylic acids is 1. The molecular weight excluding hydrogens is 307 g/mol. The predicted octanol–water partition coefficient (Wildman–Crippen LogP) is 4.79. The Morgan fingerprint density at radius 2 is 1.81 bits per heavy atom. The van der Waals surface area contributed by atoms with Gasteiger partial charge in [0.05, 0.1) is 10.5 Å². The molecule has 0 bridgehead atoms. The second-order valence-corrected chi connectivity index (χ2v) is 5.31. The smallest absolute Gasteiger partial charge is 0.274 e. The van der Waals surface area contributed by atoms with Gasteiger partial charge in [-0.3, -0.25) is 4.79 Å². The van der Waals surface area contributed by atoms with Gasteiger partial charge in [-0.05, 0) is 30.3 Å². The van der Waals surface area contributed by atoms with Crippen molar-refractivity contribution in [1.29, 1.82) is 0 Å². The number of fused-ring (bicyclic) bond motifs is 1. The lowest BCUT2D eigenvalue weighted by molar-refractivity contribution is 0.102. The van der Waals surface area contributed by atoms with Crippen LogP contribution in [0.15, 0.2) is 54.6 Å². The molecule has 0 aliphatic carbocycles. The third-order valence-corrected chi connectivity index (χ3v) is 3.53. The number of aromatic nitrogens is 1. The van der Waals surface area contributed by atoms with Gasteiger partial charge in [0.25, 0.3) is 5.91 Å². The molecule has 3 aromatic rings. The molecule has 3 rings (SSSR count). The topological polar surface area (TPSA) is 42.0 Å². The van der Waals surface area contributed by atoms with Crippen molar-refractivity contribution >= 4 is 45.7 Å². The summed E-state index contributed by atoms with van der Waals surface area (Å²) in [5, 5.41) is 4.61. The maximum Gasteiger partial charge on any atom is 0.274 e. The normalized spacial score (nSPS) is 10.6. The van der Waals surface area contributed by atoms with Crippen molar-refractivity contribution in [3.63, 3.8) is 0 Å². The zero-order valence-corrected chi connectivity index (χ0v) is 12.3. The number of pyridine rings is 1. The van der Waals surface area contributed by atoms with Gasteiger partial charge in [0, 0.05) is 16.1 Å². The fraction of sp³-hybridized carbons (Fsp3) is 0. The van der Waals surface area contributed by atoms with Gasteiger partial charge >= 0.3 is 0 Å². The maximum absolute atomic E-state index is 12.2. The summed E-state index contributed by atoms with van der Waals surface area (Å²) in [6, 6.07) is 15.9. The Kier molecular flexibility index (Phi) is 3.78. The highest BCUT2D eigenvalue weighted by Gasteiger charge is 2.11. The fourth-order valence-corrected chi connectivity index (χ4v) is 2.46. The average Bonchev–Trinajstić information content (AvgIpc) is 2.47. The number of halogens is 2. The molecule has 1 amide bonds. The van der Waals surface area contributed by atoms with Crippen molar-refractivity contribution in [2.45, 2.75) is 0 Å². The molecule has 1 N–H and O–H groups in total. The Bertz CT molecular complexity index is 833. The van der Waals surface area contributed by atoms with E-state index in [4.69, 9.17) is 23.2 Å². The molecule has 0 saturated heterocycles. The molecule has 5 heteroatoms. The van der Waals surface area contributed by atoms with Gasteiger partial charge in [-0.2, -0.15) is 0 Å². The lowest BCUT2D eigenvalue weighted by atomic mass is 10.2. The first-order valence-electron chi connectivity index (χ1n) is 6.26. The van der Waals surface area contributed by atoms with E-state index < -0.39 is 0 Å². The van der Waals surface area contributed by atoms with Gasteiger partial charge in [-0.15, -0.1) is 0 Å². The van der Waals surface area contributed by atoms with Crippen LogP contribution in [0.4, 0.5) is 5.69 Å². The summed E-state index contributed by atoms with van der Waals surface area (Å²) in [7, 11) is 0. The molecule has 1 heterocycles. The van der Waals surface area contributed by atoms with Crippen molar-refractivity contribution in [3.05, 3.63) is 70.3 Å². The van der Waals surface area contributed by atoms with Crippen LogP contribution in [0, 0.1) is 0 Å². The molecule has 0 fully saturated rings. The van der Waals surface area contributed by atoms with Crippen LogP contribution in [0.2, 0.25) is 10.0 Å². The van der Waals surface area contributed by atoms with Crippen LogP contribution in [-0.2, 0) is 0 Å². The molecule has 3 nitrogen and oxygen atoms in total. The van der Waals surface area contributed by atoms with Crippen molar-refractivity contribution in [3.8, 4) is 0 Å². The largest absolute Gasteiger partial charge is 0.321 e. The van der Waals surface area contributed by atoms with E-state index in [0.717, 1.165) is 5.39 Å². The fourth-order valence-electron chi connectivity index (χ4n) is 2.01. The van der Waals surface area contributed by atoms with Crippen LogP contribution >= 0.6 is 23.2 Å². The first kappa shape index (κ1) is 13.9. The molecule has 0 saturated carbocycles. The van der Waals surface area contributed by atoms with Crippen molar-refractivity contribution in [1.82, 2.24) is 4.98 Å². The zero-order chi connectivity index (χ0) is 14.8. The standard InChI is InChI=1S/C16H10Cl2N2O/c17-10-4-3-5-11(8-10)19-16(21)15-9-13(18)12-6-1-2-7-14(12)20-15/h1-9H,(H,19,21). The number of hydrogen-bond donors (Lipinski definition) is 1. The highest BCUT2D eigenvalue weighted by Crippen LogP contribution is 2.23. The van der Waals surface area contributed by atoms with Crippen LogP contribution < -0.4 is 5.32 Å². The number of amides is 1. The quantitative estimate of drug-likeness (QED) is 0.738. The van der Waals surface area contributed by atoms with Crippen LogP contribution in [-0.4, -0.2) is 10.9 Å². The van der Waals surface area contributed by atoms with Crippen molar-refractivity contribution in [2.75, 3.05) is 5.32 Å². The number of para-hydroxylation sites is 1. The van der Waals surface area contributed by atoms with E-state index >= 15 is 0 Å². The monoisotopic (exact) mass is 316 g/mol.